The largest absolute Gasteiger partial charge is 0.489 e. The zero-order valence-corrected chi connectivity index (χ0v) is 17.9. The lowest BCUT2D eigenvalue weighted by atomic mass is 9.93. The number of hydrogen-bond donors (Lipinski definition) is 3. The zero-order valence-electron chi connectivity index (χ0n) is 17.9. The van der Waals surface area contributed by atoms with E-state index in [2.05, 4.69) is 16.3 Å². The lowest BCUT2D eigenvalue weighted by Gasteiger charge is -2.23. The van der Waals surface area contributed by atoms with Gasteiger partial charge in [0.15, 0.2) is 0 Å². The summed E-state index contributed by atoms with van der Waals surface area (Å²) in [5, 5.41) is 16.1. The molecular formula is C26H23N3O4. The summed E-state index contributed by atoms with van der Waals surface area (Å²) < 4.78 is 12.1. The second kappa shape index (κ2) is 8.80. The fraction of sp³-hybridized carbons (Fsp3) is 0.154. The first kappa shape index (κ1) is 20.8. The monoisotopic (exact) mass is 441 g/mol. The Balaban J connectivity index is 1.44. The Morgan fingerprint density at radius 1 is 1.09 bits per heavy atom. The van der Waals surface area contributed by atoms with Gasteiger partial charge in [0.1, 0.15) is 24.7 Å². The number of H-pyrrole nitrogens is 1. The first-order valence-electron chi connectivity index (χ1n) is 10.7. The van der Waals surface area contributed by atoms with Crippen LogP contribution in [0.2, 0.25) is 0 Å². The molecule has 5 rings (SSSR count). The van der Waals surface area contributed by atoms with Crippen LogP contribution in [0.15, 0.2) is 67.0 Å². The van der Waals surface area contributed by atoms with Crippen LogP contribution in [0.4, 0.5) is 0 Å². The summed E-state index contributed by atoms with van der Waals surface area (Å²) in [5.74, 6) is 0.474. The number of fused-ring (bicyclic) bond motifs is 3. The SMILES string of the molecule is NCc1cccc2c1OCc1ccc(COc3cc(-c4cn[nH]c4)ccc3CC(=O)O)cc1-2. The van der Waals surface area contributed by atoms with E-state index >= 15 is 0 Å². The van der Waals surface area contributed by atoms with E-state index in [1.54, 1.807) is 18.5 Å². The Kier molecular flexibility index (Phi) is 5.54. The third-order valence-electron chi connectivity index (χ3n) is 5.79. The predicted octanol–water partition coefficient (Wildman–Crippen LogP) is 4.30. The molecule has 2 heterocycles. The molecule has 0 amide bonds. The van der Waals surface area contributed by atoms with E-state index in [-0.39, 0.29) is 6.42 Å². The van der Waals surface area contributed by atoms with Crippen molar-refractivity contribution in [3.05, 3.63) is 89.2 Å². The Labute approximate surface area is 190 Å². The highest BCUT2D eigenvalue weighted by atomic mass is 16.5. The summed E-state index contributed by atoms with van der Waals surface area (Å²) >= 11 is 0. The van der Waals surface area contributed by atoms with Crippen molar-refractivity contribution >= 4 is 5.97 Å². The molecule has 0 fully saturated rings. The molecule has 1 aromatic heterocycles. The maximum Gasteiger partial charge on any atom is 0.307 e. The highest BCUT2D eigenvalue weighted by Crippen LogP contribution is 2.40. The van der Waals surface area contributed by atoms with Crippen molar-refractivity contribution in [2.45, 2.75) is 26.2 Å². The summed E-state index contributed by atoms with van der Waals surface area (Å²) in [6.45, 7) is 1.22. The number of aromatic nitrogens is 2. The van der Waals surface area contributed by atoms with Crippen molar-refractivity contribution in [1.29, 1.82) is 0 Å². The second-order valence-electron chi connectivity index (χ2n) is 7.95. The van der Waals surface area contributed by atoms with Crippen LogP contribution in [0.3, 0.4) is 0 Å². The average Bonchev–Trinajstić information content (AvgIpc) is 3.37. The molecule has 3 aromatic carbocycles. The molecule has 7 nitrogen and oxygen atoms in total. The summed E-state index contributed by atoms with van der Waals surface area (Å²) in [6, 6.07) is 17.7. The molecule has 0 bridgehead atoms. The zero-order chi connectivity index (χ0) is 22.8. The Hall–Kier alpha value is -4.10. The fourth-order valence-electron chi connectivity index (χ4n) is 4.12. The number of nitrogens with one attached hydrogen (secondary N) is 1. The van der Waals surface area contributed by atoms with Crippen molar-refractivity contribution in [1.82, 2.24) is 10.2 Å². The summed E-state index contributed by atoms with van der Waals surface area (Å²) in [6.07, 6.45) is 3.39. The number of ether oxygens (including phenoxy) is 2. The molecule has 0 saturated carbocycles. The third-order valence-corrected chi connectivity index (χ3v) is 5.79. The molecule has 1 aliphatic heterocycles. The molecule has 0 spiro atoms. The lowest BCUT2D eigenvalue weighted by molar-refractivity contribution is -0.136. The molecular weight excluding hydrogens is 418 g/mol. The Morgan fingerprint density at radius 2 is 2.00 bits per heavy atom. The van der Waals surface area contributed by atoms with Gasteiger partial charge in [-0.25, -0.2) is 0 Å². The third kappa shape index (κ3) is 4.18. The number of carbonyl (C=O) groups is 1. The van der Waals surface area contributed by atoms with E-state index in [0.717, 1.165) is 44.7 Å². The number of hydrogen-bond acceptors (Lipinski definition) is 5. The van der Waals surface area contributed by atoms with Gasteiger partial charge < -0.3 is 20.3 Å². The normalized spacial score (nSPS) is 11.9. The van der Waals surface area contributed by atoms with Crippen LogP contribution in [-0.4, -0.2) is 21.3 Å². The number of para-hydroxylation sites is 1. The molecule has 0 saturated heterocycles. The van der Waals surface area contributed by atoms with Crippen LogP contribution in [0.1, 0.15) is 22.3 Å². The van der Waals surface area contributed by atoms with Gasteiger partial charge in [-0.2, -0.15) is 5.10 Å². The summed E-state index contributed by atoms with van der Waals surface area (Å²) in [4.78, 5) is 11.3. The molecule has 4 aromatic rings. The fourth-order valence-corrected chi connectivity index (χ4v) is 4.12. The maximum atomic E-state index is 11.3. The van der Waals surface area contributed by atoms with Gasteiger partial charge >= 0.3 is 5.97 Å². The van der Waals surface area contributed by atoms with Crippen molar-refractivity contribution in [3.8, 4) is 33.8 Å². The van der Waals surface area contributed by atoms with Crippen LogP contribution in [0, 0.1) is 0 Å². The topological polar surface area (TPSA) is 110 Å². The minimum absolute atomic E-state index is 0.113. The Bertz CT molecular complexity index is 1320. The minimum Gasteiger partial charge on any atom is -0.489 e. The van der Waals surface area contributed by atoms with E-state index in [4.69, 9.17) is 15.2 Å². The van der Waals surface area contributed by atoms with Gasteiger partial charge in [-0.05, 0) is 34.4 Å². The van der Waals surface area contributed by atoms with Gasteiger partial charge in [0, 0.05) is 35.0 Å². The predicted molar refractivity (Wildman–Crippen MR) is 124 cm³/mol. The molecule has 0 radical (unpaired) electrons. The van der Waals surface area contributed by atoms with Crippen molar-refractivity contribution in [3.63, 3.8) is 0 Å². The van der Waals surface area contributed by atoms with E-state index < -0.39 is 5.97 Å². The first-order chi connectivity index (χ1) is 16.1. The molecule has 4 N–H and O–H groups in total. The Morgan fingerprint density at radius 3 is 2.79 bits per heavy atom. The highest BCUT2D eigenvalue weighted by molar-refractivity contribution is 5.77. The van der Waals surface area contributed by atoms with Gasteiger partial charge in [-0.15, -0.1) is 0 Å². The molecule has 0 atom stereocenters. The smallest absolute Gasteiger partial charge is 0.307 e. The lowest BCUT2D eigenvalue weighted by Crippen LogP contribution is -2.10. The number of aliphatic carboxylic acids is 1. The van der Waals surface area contributed by atoms with E-state index in [9.17, 15) is 9.90 Å². The summed E-state index contributed by atoms with van der Waals surface area (Å²) in [7, 11) is 0. The van der Waals surface area contributed by atoms with Gasteiger partial charge in [0.25, 0.3) is 0 Å². The summed E-state index contributed by atoms with van der Waals surface area (Å²) in [5.41, 5.74) is 13.5. The minimum atomic E-state index is -0.906. The van der Waals surface area contributed by atoms with Gasteiger partial charge in [0.05, 0.1) is 12.6 Å². The molecule has 33 heavy (non-hydrogen) atoms. The van der Waals surface area contributed by atoms with Crippen LogP contribution in [0.25, 0.3) is 22.3 Å². The standard InChI is InChI=1S/C26H23N3O4/c27-11-19-2-1-3-22-23-8-16(4-5-20(23)15-33-26(19)22)14-32-24-9-17(21-12-28-29-13-21)6-7-18(24)10-25(30)31/h1-9,12-13H,10-11,14-15,27H2,(H,28,29)(H,30,31). The number of aromatic amines is 1. The van der Waals surface area contributed by atoms with Crippen LogP contribution < -0.4 is 15.2 Å². The van der Waals surface area contributed by atoms with Crippen LogP contribution >= 0.6 is 0 Å². The molecule has 1 aliphatic rings. The maximum absolute atomic E-state index is 11.3. The van der Waals surface area contributed by atoms with Crippen molar-refractivity contribution < 1.29 is 19.4 Å². The van der Waals surface area contributed by atoms with Gasteiger partial charge in [-0.1, -0.05) is 42.5 Å². The molecule has 7 heteroatoms. The number of nitrogens with zero attached hydrogens (tertiary/aromatic N) is 1. The number of benzene rings is 3. The van der Waals surface area contributed by atoms with E-state index in [1.165, 1.54) is 0 Å². The molecule has 0 unspecified atom stereocenters. The van der Waals surface area contributed by atoms with E-state index in [1.807, 2.05) is 42.5 Å². The number of carboxylic acid groups (broad SMARTS) is 1. The van der Waals surface area contributed by atoms with Crippen molar-refractivity contribution in [2.75, 3.05) is 0 Å². The van der Waals surface area contributed by atoms with E-state index in [0.29, 0.717) is 31.1 Å². The number of carboxylic acids is 1. The number of rotatable bonds is 7. The average molecular weight is 441 g/mol. The number of nitrogens with two attached hydrogens (primary N) is 1. The quantitative estimate of drug-likeness (QED) is 0.394. The van der Waals surface area contributed by atoms with Crippen molar-refractivity contribution in [2.24, 2.45) is 5.73 Å². The molecule has 166 valence electrons. The van der Waals surface area contributed by atoms with Gasteiger partial charge in [0.2, 0.25) is 0 Å². The van der Waals surface area contributed by atoms with Crippen LogP contribution in [0.5, 0.6) is 11.5 Å². The van der Waals surface area contributed by atoms with Crippen LogP contribution in [-0.2, 0) is 31.0 Å². The second-order valence-corrected chi connectivity index (χ2v) is 7.95. The molecule has 0 aliphatic carbocycles. The van der Waals surface area contributed by atoms with Gasteiger partial charge in [-0.3, -0.25) is 9.89 Å². The highest BCUT2D eigenvalue weighted by Gasteiger charge is 2.20. The first-order valence-corrected chi connectivity index (χ1v) is 10.7.